The second-order valence-electron chi connectivity index (χ2n) is 15.1. The summed E-state index contributed by atoms with van der Waals surface area (Å²) < 4.78 is 26.5. The number of Topliss-reactive ketones (excluding diaryl/α,β-unsaturated/α-hetero) is 1. The molecule has 0 bridgehead atoms. The highest BCUT2D eigenvalue weighted by Crippen LogP contribution is 2.70. The Morgan fingerprint density at radius 2 is 1.78 bits per heavy atom. The molecule has 0 radical (unpaired) electrons. The van der Waals surface area contributed by atoms with Crippen LogP contribution in [0.15, 0.2) is 24.3 Å². The Bertz CT molecular complexity index is 1200. The third kappa shape index (κ3) is 4.22. The topological polar surface area (TPSA) is 76.7 Å². The first-order valence-electron chi connectivity index (χ1n) is 16.2. The van der Waals surface area contributed by atoms with Gasteiger partial charge in [-0.15, -0.1) is 0 Å². The lowest BCUT2D eigenvalue weighted by Gasteiger charge is -2.60. The molecule has 1 aromatic rings. The van der Waals surface area contributed by atoms with E-state index in [0.29, 0.717) is 47.5 Å². The predicted molar refractivity (Wildman–Crippen MR) is 154 cm³/mol. The number of urea groups is 1. The molecule has 2 heterocycles. The number of nitrogens with one attached hydrogen (secondary N) is 2. The zero-order valence-electron chi connectivity index (χ0n) is 25.1. The lowest BCUT2D eigenvalue weighted by atomic mass is 9.44. The van der Waals surface area contributed by atoms with Gasteiger partial charge < -0.3 is 20.1 Å². The van der Waals surface area contributed by atoms with Gasteiger partial charge in [0.2, 0.25) is 0 Å². The molecule has 1 unspecified atom stereocenters. The van der Waals surface area contributed by atoms with Gasteiger partial charge in [0.15, 0.2) is 5.79 Å². The Balaban J connectivity index is 1.04. The Labute approximate surface area is 243 Å². The summed E-state index contributed by atoms with van der Waals surface area (Å²) >= 11 is 0. The van der Waals surface area contributed by atoms with E-state index in [1.807, 2.05) is 0 Å². The summed E-state index contributed by atoms with van der Waals surface area (Å²) in [6.45, 7) is 10.0. The number of amides is 2. The molecule has 4 saturated carbocycles. The minimum absolute atomic E-state index is 0.115. The summed E-state index contributed by atoms with van der Waals surface area (Å²) in [7, 11) is 0. The average Bonchev–Trinajstić information content (AvgIpc) is 3.39. The summed E-state index contributed by atoms with van der Waals surface area (Å²) in [5.41, 5.74) is 0.394. The zero-order chi connectivity index (χ0) is 28.7. The predicted octanol–water partition coefficient (Wildman–Crippen LogP) is 6.94. The number of carbonyl (C=O) groups excluding carboxylic acids is 2. The van der Waals surface area contributed by atoms with Crippen LogP contribution in [0.2, 0.25) is 0 Å². The maximum atomic E-state index is 14.3. The van der Waals surface area contributed by atoms with E-state index in [2.05, 4.69) is 38.3 Å². The highest BCUT2D eigenvalue weighted by molar-refractivity contribution is 5.89. The van der Waals surface area contributed by atoms with Crippen LogP contribution >= 0.6 is 0 Å². The van der Waals surface area contributed by atoms with Crippen LogP contribution in [0.25, 0.3) is 0 Å². The number of carbonyl (C=O) groups is 2. The van der Waals surface area contributed by atoms with Crippen molar-refractivity contribution in [2.45, 2.75) is 103 Å². The maximum absolute atomic E-state index is 14.3. The van der Waals surface area contributed by atoms with Gasteiger partial charge in [0, 0.05) is 41.8 Å². The van der Waals surface area contributed by atoms with Gasteiger partial charge in [-0.25, -0.2) is 9.18 Å². The molecular formula is C34H47FN2O4. The zero-order valence-corrected chi connectivity index (χ0v) is 25.1. The largest absolute Gasteiger partial charge is 0.349 e. The van der Waals surface area contributed by atoms with Crippen LogP contribution in [0, 0.1) is 58.1 Å². The van der Waals surface area contributed by atoms with E-state index in [9.17, 15) is 14.0 Å². The minimum Gasteiger partial charge on any atom is -0.349 e. The Morgan fingerprint density at radius 1 is 1.00 bits per heavy atom. The summed E-state index contributed by atoms with van der Waals surface area (Å²) in [4.78, 5) is 27.0. The second-order valence-corrected chi connectivity index (χ2v) is 15.1. The molecule has 224 valence electrons. The number of rotatable bonds is 2. The number of hydrogen-bond acceptors (Lipinski definition) is 4. The number of hydrogen-bond donors (Lipinski definition) is 2. The third-order valence-corrected chi connectivity index (χ3v) is 13.2. The van der Waals surface area contributed by atoms with Crippen LogP contribution in [-0.2, 0) is 14.3 Å². The van der Waals surface area contributed by atoms with Gasteiger partial charge >= 0.3 is 6.03 Å². The van der Waals surface area contributed by atoms with Crippen LogP contribution in [0.3, 0.4) is 0 Å². The molecule has 2 N–H and O–H groups in total. The Morgan fingerprint density at radius 3 is 2.51 bits per heavy atom. The van der Waals surface area contributed by atoms with Gasteiger partial charge in [-0.3, -0.25) is 4.79 Å². The van der Waals surface area contributed by atoms with E-state index in [-0.39, 0.29) is 46.7 Å². The fourth-order valence-corrected chi connectivity index (χ4v) is 11.0. The van der Waals surface area contributed by atoms with Gasteiger partial charge in [0.25, 0.3) is 0 Å². The Kier molecular flexibility index (Phi) is 6.63. The van der Waals surface area contributed by atoms with E-state index < -0.39 is 5.79 Å². The number of fused-ring (bicyclic) bond motifs is 7. The molecule has 2 amide bonds. The fourth-order valence-electron chi connectivity index (χ4n) is 11.0. The molecule has 2 aliphatic heterocycles. The molecule has 6 nitrogen and oxygen atoms in total. The van der Waals surface area contributed by atoms with Gasteiger partial charge in [0.1, 0.15) is 11.6 Å². The van der Waals surface area contributed by atoms with E-state index in [1.54, 1.807) is 12.1 Å². The molecule has 0 aromatic heterocycles. The van der Waals surface area contributed by atoms with Gasteiger partial charge in [-0.2, -0.15) is 0 Å². The lowest BCUT2D eigenvalue weighted by Crippen LogP contribution is -2.59. The van der Waals surface area contributed by atoms with Crippen molar-refractivity contribution >= 4 is 17.5 Å². The van der Waals surface area contributed by atoms with Crippen LogP contribution in [0.4, 0.5) is 14.9 Å². The van der Waals surface area contributed by atoms with Crippen molar-refractivity contribution in [3.8, 4) is 0 Å². The Hall–Kier alpha value is -1.99. The molecule has 7 rings (SSSR count). The normalized spacial score (nSPS) is 48.6. The van der Waals surface area contributed by atoms with E-state index in [1.165, 1.54) is 18.6 Å². The molecule has 41 heavy (non-hydrogen) atoms. The average molecular weight is 567 g/mol. The second kappa shape index (κ2) is 9.77. The van der Waals surface area contributed by atoms with E-state index in [0.717, 1.165) is 51.6 Å². The molecule has 12 atom stereocenters. The summed E-state index contributed by atoms with van der Waals surface area (Å²) in [6.07, 6.45) is 9.12. The van der Waals surface area contributed by atoms with Crippen molar-refractivity contribution in [1.82, 2.24) is 5.32 Å². The summed E-state index contributed by atoms with van der Waals surface area (Å²) in [6, 6.07) is 5.74. The van der Waals surface area contributed by atoms with Crippen molar-refractivity contribution in [3.63, 3.8) is 0 Å². The molecule has 7 heteroatoms. The van der Waals surface area contributed by atoms with Crippen molar-refractivity contribution in [1.29, 1.82) is 0 Å². The van der Waals surface area contributed by atoms with Crippen molar-refractivity contribution < 1.29 is 23.5 Å². The monoisotopic (exact) mass is 566 g/mol. The number of benzene rings is 1. The number of halogens is 1. The van der Waals surface area contributed by atoms with Gasteiger partial charge in [-0.05, 0) is 104 Å². The molecule has 1 aromatic carbocycles. The summed E-state index contributed by atoms with van der Waals surface area (Å²) in [5.74, 6) is 2.58. The fraction of sp³-hybridized carbons (Fsp3) is 0.765. The molecule has 2 saturated heterocycles. The number of ketones is 1. The van der Waals surface area contributed by atoms with Gasteiger partial charge in [0.05, 0.1) is 12.7 Å². The quantitative estimate of drug-likeness (QED) is 0.407. The molecule has 1 spiro atoms. The van der Waals surface area contributed by atoms with Crippen LogP contribution in [0.1, 0.15) is 85.5 Å². The van der Waals surface area contributed by atoms with Crippen molar-refractivity contribution in [2.75, 3.05) is 11.9 Å². The summed E-state index contributed by atoms with van der Waals surface area (Å²) in [5, 5.41) is 6.02. The SMILES string of the molecule is CC1CC[C@@]2(OC1)O[C@H]1C[C@H]3[C@@H]4CC[C@H]5C[C@H](NC(=O)Nc6ccc(F)cc6)CC[C@]5(C)[C@H]4CC(=O)[C@]3(C)[C@H]1[C@@H]2C. The first-order valence-corrected chi connectivity index (χ1v) is 16.2. The van der Waals surface area contributed by atoms with Crippen LogP contribution in [-0.4, -0.2) is 36.4 Å². The number of anilines is 1. The lowest BCUT2D eigenvalue weighted by molar-refractivity contribution is -0.272. The maximum Gasteiger partial charge on any atom is 0.319 e. The number of ether oxygens (including phenoxy) is 2. The molecular weight excluding hydrogens is 519 g/mol. The molecule has 4 aliphatic carbocycles. The molecule has 6 fully saturated rings. The van der Waals surface area contributed by atoms with E-state index in [4.69, 9.17) is 9.47 Å². The smallest absolute Gasteiger partial charge is 0.319 e. The highest BCUT2D eigenvalue weighted by Gasteiger charge is 2.71. The van der Waals surface area contributed by atoms with Crippen molar-refractivity contribution in [2.24, 2.45) is 52.3 Å². The highest BCUT2D eigenvalue weighted by atomic mass is 19.1. The van der Waals surface area contributed by atoms with Gasteiger partial charge in [-0.1, -0.05) is 27.7 Å². The standard InChI is InChI=1S/C34H47FN2O4/c1-19-11-14-34(40-18-19)20(2)30-28(41-34)16-27-25-10-5-21-15-24(37-31(39)36-23-8-6-22(35)7-9-23)12-13-32(21,3)26(25)17-29(38)33(27,30)4/h6-9,19-21,24-28,30H,5,10-18H2,1-4H3,(H2,36,37,39)/t19?,20-,21-,24+,25+,26-,27-,28-,30-,32-,33+,34+/m0/s1. The first-order chi connectivity index (χ1) is 19.5. The first kappa shape index (κ1) is 27.8. The van der Waals surface area contributed by atoms with E-state index >= 15 is 0 Å². The van der Waals surface area contributed by atoms with Crippen molar-refractivity contribution in [3.05, 3.63) is 30.1 Å². The third-order valence-electron chi connectivity index (χ3n) is 13.2. The van der Waals surface area contributed by atoms with Crippen LogP contribution < -0.4 is 10.6 Å². The molecule has 6 aliphatic rings. The minimum atomic E-state index is -0.495. The van der Waals surface area contributed by atoms with Crippen LogP contribution in [0.5, 0.6) is 0 Å².